The van der Waals surface area contributed by atoms with Crippen molar-refractivity contribution in [1.82, 2.24) is 4.98 Å². The number of anilines is 1. The molecular weight excluding hydrogens is 226 g/mol. The lowest BCUT2D eigenvalue weighted by Crippen LogP contribution is -2.32. The molecule has 102 valence electrons. The van der Waals surface area contributed by atoms with E-state index in [1.165, 1.54) is 0 Å². The summed E-state index contributed by atoms with van der Waals surface area (Å²) in [6.07, 6.45) is 2.92. The highest BCUT2D eigenvalue weighted by Gasteiger charge is 2.18. The average Bonchev–Trinajstić information content (AvgIpc) is 2.37. The number of ether oxygens (including phenoxy) is 1. The summed E-state index contributed by atoms with van der Waals surface area (Å²) in [5.41, 5.74) is 6.93. The number of nitrogens with zero attached hydrogens (tertiary/aromatic N) is 1. The van der Waals surface area contributed by atoms with Crippen LogP contribution in [0.15, 0.2) is 18.3 Å². The lowest BCUT2D eigenvalue weighted by atomic mass is 9.92. The van der Waals surface area contributed by atoms with Crippen molar-refractivity contribution in [3.63, 3.8) is 0 Å². The highest BCUT2D eigenvalue weighted by atomic mass is 16.5. The smallest absolute Gasteiger partial charge is 0.125 e. The Bertz CT molecular complexity index is 349. The maximum Gasteiger partial charge on any atom is 0.125 e. The Morgan fingerprint density at radius 1 is 1.44 bits per heavy atom. The Balaban J connectivity index is 2.56. The molecule has 18 heavy (non-hydrogen) atoms. The molecule has 1 aromatic heterocycles. The Labute approximate surface area is 110 Å². The van der Waals surface area contributed by atoms with Crippen molar-refractivity contribution >= 4 is 5.82 Å². The summed E-state index contributed by atoms with van der Waals surface area (Å²) in [7, 11) is 0. The van der Waals surface area contributed by atoms with Gasteiger partial charge in [0.25, 0.3) is 0 Å². The van der Waals surface area contributed by atoms with E-state index in [0.717, 1.165) is 31.0 Å². The van der Waals surface area contributed by atoms with Gasteiger partial charge in [-0.15, -0.1) is 0 Å². The number of hydrogen-bond donors (Lipinski definition) is 2. The molecule has 1 heterocycles. The van der Waals surface area contributed by atoms with Gasteiger partial charge in [0.05, 0.1) is 6.10 Å². The summed E-state index contributed by atoms with van der Waals surface area (Å²) in [5.74, 6) is 0.859. The van der Waals surface area contributed by atoms with E-state index in [2.05, 4.69) is 17.2 Å². The summed E-state index contributed by atoms with van der Waals surface area (Å²) >= 11 is 0. The number of pyridine rings is 1. The number of nitrogens with one attached hydrogen (secondary N) is 1. The highest BCUT2D eigenvalue weighted by molar-refractivity contribution is 5.37. The van der Waals surface area contributed by atoms with Gasteiger partial charge in [-0.05, 0) is 38.8 Å². The summed E-state index contributed by atoms with van der Waals surface area (Å²) < 4.78 is 5.45. The molecule has 2 atom stereocenters. The molecule has 0 aromatic carbocycles. The van der Waals surface area contributed by atoms with Gasteiger partial charge < -0.3 is 15.8 Å². The van der Waals surface area contributed by atoms with Crippen molar-refractivity contribution < 1.29 is 4.74 Å². The Kier molecular flexibility index (Phi) is 5.56. The monoisotopic (exact) mass is 251 g/mol. The topological polar surface area (TPSA) is 60.2 Å². The molecule has 4 nitrogen and oxygen atoms in total. The van der Waals surface area contributed by atoms with Crippen molar-refractivity contribution in [2.75, 3.05) is 18.5 Å². The van der Waals surface area contributed by atoms with E-state index in [1.807, 2.05) is 39.1 Å². The summed E-state index contributed by atoms with van der Waals surface area (Å²) in [5, 5.41) is 3.25. The van der Waals surface area contributed by atoms with Gasteiger partial charge in [0.2, 0.25) is 0 Å². The standard InChI is InChI=1S/C14H25N3O/c1-5-14(4,15)12-7-8-13(17-10-12)16-9-11(3)18-6-2/h7-8,10-11H,5-6,9,15H2,1-4H3,(H,16,17). The first kappa shape index (κ1) is 14.9. The van der Waals surface area contributed by atoms with Crippen LogP contribution in [0.1, 0.15) is 39.7 Å². The third-order valence-corrected chi connectivity index (χ3v) is 3.18. The van der Waals surface area contributed by atoms with E-state index >= 15 is 0 Å². The molecule has 4 heteroatoms. The molecule has 0 aliphatic carbocycles. The van der Waals surface area contributed by atoms with E-state index in [1.54, 1.807) is 0 Å². The van der Waals surface area contributed by atoms with E-state index in [0.29, 0.717) is 0 Å². The quantitative estimate of drug-likeness (QED) is 0.781. The zero-order valence-electron chi connectivity index (χ0n) is 11.9. The van der Waals surface area contributed by atoms with Crippen molar-refractivity contribution in [1.29, 1.82) is 0 Å². The van der Waals surface area contributed by atoms with Crippen LogP contribution in [-0.2, 0) is 10.3 Å². The fourth-order valence-electron chi connectivity index (χ4n) is 1.63. The zero-order valence-corrected chi connectivity index (χ0v) is 11.9. The highest BCUT2D eigenvalue weighted by Crippen LogP contribution is 2.21. The molecule has 0 amide bonds. The number of hydrogen-bond acceptors (Lipinski definition) is 4. The van der Waals surface area contributed by atoms with Crippen LogP contribution >= 0.6 is 0 Å². The zero-order chi connectivity index (χ0) is 13.6. The number of aromatic nitrogens is 1. The molecular formula is C14H25N3O. The largest absolute Gasteiger partial charge is 0.377 e. The van der Waals surface area contributed by atoms with Crippen molar-refractivity contribution in [2.24, 2.45) is 5.73 Å². The molecule has 0 bridgehead atoms. The van der Waals surface area contributed by atoms with E-state index in [4.69, 9.17) is 10.5 Å². The van der Waals surface area contributed by atoms with E-state index < -0.39 is 0 Å². The van der Waals surface area contributed by atoms with Crippen molar-refractivity contribution in [2.45, 2.75) is 45.8 Å². The van der Waals surface area contributed by atoms with Crippen LogP contribution in [0.2, 0.25) is 0 Å². The van der Waals surface area contributed by atoms with Gasteiger partial charge in [-0.3, -0.25) is 0 Å². The fraction of sp³-hybridized carbons (Fsp3) is 0.643. The van der Waals surface area contributed by atoms with Crippen LogP contribution in [-0.4, -0.2) is 24.2 Å². The minimum Gasteiger partial charge on any atom is -0.377 e. The van der Waals surface area contributed by atoms with Crippen LogP contribution in [0.3, 0.4) is 0 Å². The van der Waals surface area contributed by atoms with Crippen LogP contribution in [0, 0.1) is 0 Å². The number of nitrogens with two attached hydrogens (primary N) is 1. The molecule has 2 unspecified atom stereocenters. The SMILES string of the molecule is CCOC(C)CNc1ccc(C(C)(N)CC)cn1. The molecule has 0 saturated heterocycles. The first-order valence-corrected chi connectivity index (χ1v) is 6.60. The first-order valence-electron chi connectivity index (χ1n) is 6.60. The molecule has 0 saturated carbocycles. The minimum absolute atomic E-state index is 0.187. The second-order valence-corrected chi connectivity index (χ2v) is 4.85. The lowest BCUT2D eigenvalue weighted by Gasteiger charge is -2.23. The molecule has 1 aromatic rings. The van der Waals surface area contributed by atoms with Crippen LogP contribution in [0.25, 0.3) is 0 Å². The van der Waals surface area contributed by atoms with Gasteiger partial charge >= 0.3 is 0 Å². The number of rotatable bonds is 7. The van der Waals surface area contributed by atoms with Gasteiger partial charge in [-0.25, -0.2) is 4.98 Å². The fourth-order valence-corrected chi connectivity index (χ4v) is 1.63. The van der Waals surface area contributed by atoms with Crippen LogP contribution in [0.5, 0.6) is 0 Å². The molecule has 0 aliphatic rings. The lowest BCUT2D eigenvalue weighted by molar-refractivity contribution is 0.0855. The second-order valence-electron chi connectivity index (χ2n) is 4.85. The normalized spacial score (nSPS) is 16.1. The Morgan fingerprint density at radius 2 is 2.17 bits per heavy atom. The van der Waals surface area contributed by atoms with Crippen molar-refractivity contribution in [3.05, 3.63) is 23.9 Å². The van der Waals surface area contributed by atoms with Gasteiger partial charge in [0.1, 0.15) is 5.82 Å². The third-order valence-electron chi connectivity index (χ3n) is 3.18. The maximum absolute atomic E-state index is 6.17. The Hall–Kier alpha value is -1.13. The molecule has 0 spiro atoms. The van der Waals surface area contributed by atoms with Crippen LogP contribution in [0.4, 0.5) is 5.82 Å². The summed E-state index contributed by atoms with van der Waals surface area (Å²) in [6.45, 7) is 9.63. The molecule has 0 radical (unpaired) electrons. The predicted octanol–water partition coefficient (Wildman–Crippen LogP) is 2.50. The van der Waals surface area contributed by atoms with Gasteiger partial charge in [0.15, 0.2) is 0 Å². The van der Waals surface area contributed by atoms with E-state index in [-0.39, 0.29) is 11.6 Å². The van der Waals surface area contributed by atoms with Gasteiger partial charge in [0, 0.05) is 24.9 Å². The predicted molar refractivity (Wildman–Crippen MR) is 75.6 cm³/mol. The van der Waals surface area contributed by atoms with Gasteiger partial charge in [-0.2, -0.15) is 0 Å². The summed E-state index contributed by atoms with van der Waals surface area (Å²) in [6, 6.07) is 4.00. The average molecular weight is 251 g/mol. The molecule has 0 fully saturated rings. The summed E-state index contributed by atoms with van der Waals surface area (Å²) in [4.78, 5) is 4.38. The Morgan fingerprint density at radius 3 is 2.67 bits per heavy atom. The van der Waals surface area contributed by atoms with E-state index in [9.17, 15) is 0 Å². The maximum atomic E-state index is 6.17. The first-order chi connectivity index (χ1) is 8.49. The minimum atomic E-state index is -0.301. The second kappa shape index (κ2) is 6.71. The molecule has 1 rings (SSSR count). The van der Waals surface area contributed by atoms with Crippen LogP contribution < -0.4 is 11.1 Å². The third kappa shape index (κ3) is 4.27. The molecule has 0 aliphatic heterocycles. The van der Waals surface area contributed by atoms with Gasteiger partial charge in [-0.1, -0.05) is 13.0 Å². The molecule has 3 N–H and O–H groups in total. The van der Waals surface area contributed by atoms with Crippen molar-refractivity contribution in [3.8, 4) is 0 Å².